The molecule has 0 heterocycles. The maximum absolute atomic E-state index is 11.9. The molecule has 0 spiro atoms. The van der Waals surface area contributed by atoms with Gasteiger partial charge in [0.1, 0.15) is 5.75 Å². The molecule has 0 fully saturated rings. The summed E-state index contributed by atoms with van der Waals surface area (Å²) >= 11 is 5.95. The third kappa shape index (κ3) is 4.89. The number of nitrogens with one attached hydrogen (secondary N) is 2. The second-order valence-electron chi connectivity index (χ2n) is 5.01. The number of amides is 2. The Morgan fingerprint density at radius 1 is 1.17 bits per heavy atom. The van der Waals surface area contributed by atoms with Gasteiger partial charge in [0, 0.05) is 29.2 Å². The molecule has 24 heavy (non-hydrogen) atoms. The number of primary amides is 1. The second kappa shape index (κ2) is 8.21. The smallest absolute Gasteiger partial charge is 0.248 e. The highest BCUT2D eigenvalue weighted by Crippen LogP contribution is 2.27. The van der Waals surface area contributed by atoms with E-state index in [2.05, 4.69) is 10.6 Å². The van der Waals surface area contributed by atoms with Gasteiger partial charge in [0.25, 0.3) is 0 Å². The third-order valence-corrected chi connectivity index (χ3v) is 3.52. The molecule has 0 aliphatic carbocycles. The Morgan fingerprint density at radius 2 is 1.88 bits per heavy atom. The van der Waals surface area contributed by atoms with Crippen LogP contribution in [0.2, 0.25) is 5.02 Å². The number of benzene rings is 2. The van der Waals surface area contributed by atoms with Gasteiger partial charge in [-0.3, -0.25) is 9.59 Å². The van der Waals surface area contributed by atoms with E-state index in [0.717, 1.165) is 5.69 Å². The number of carbonyl (C=O) groups is 2. The van der Waals surface area contributed by atoms with Crippen LogP contribution in [0.1, 0.15) is 16.8 Å². The highest BCUT2D eigenvalue weighted by atomic mass is 35.5. The first kappa shape index (κ1) is 17.6. The van der Waals surface area contributed by atoms with E-state index in [1.165, 1.54) is 0 Å². The van der Waals surface area contributed by atoms with Gasteiger partial charge in [0.05, 0.1) is 12.8 Å². The van der Waals surface area contributed by atoms with Crippen molar-refractivity contribution in [2.75, 3.05) is 24.3 Å². The van der Waals surface area contributed by atoms with Gasteiger partial charge in [-0.2, -0.15) is 0 Å². The average molecular weight is 348 g/mol. The fraction of sp³-hybridized carbons (Fsp3) is 0.176. The van der Waals surface area contributed by atoms with Crippen LogP contribution in [-0.4, -0.2) is 25.5 Å². The quantitative estimate of drug-likeness (QED) is 0.718. The molecule has 2 rings (SSSR count). The zero-order chi connectivity index (χ0) is 17.5. The second-order valence-corrected chi connectivity index (χ2v) is 5.45. The minimum Gasteiger partial charge on any atom is -0.495 e. The Bertz CT molecular complexity index is 732. The fourth-order valence-corrected chi connectivity index (χ4v) is 2.24. The number of ether oxygens (including phenoxy) is 1. The maximum atomic E-state index is 11.9. The van der Waals surface area contributed by atoms with E-state index in [-0.39, 0.29) is 12.3 Å². The van der Waals surface area contributed by atoms with Crippen molar-refractivity contribution in [1.82, 2.24) is 0 Å². The predicted molar refractivity (Wildman–Crippen MR) is 94.7 cm³/mol. The van der Waals surface area contributed by atoms with Crippen LogP contribution in [0.4, 0.5) is 11.4 Å². The molecule has 2 aromatic rings. The van der Waals surface area contributed by atoms with Gasteiger partial charge in [-0.25, -0.2) is 0 Å². The molecule has 0 aliphatic heterocycles. The Hall–Kier alpha value is -2.73. The number of methoxy groups -OCH3 is 1. The summed E-state index contributed by atoms with van der Waals surface area (Å²) in [6, 6.07) is 11.6. The molecule has 6 nitrogen and oxygen atoms in total. The van der Waals surface area contributed by atoms with Gasteiger partial charge in [0.15, 0.2) is 0 Å². The van der Waals surface area contributed by atoms with Crippen molar-refractivity contribution >= 4 is 34.8 Å². The van der Waals surface area contributed by atoms with Crippen LogP contribution in [0.15, 0.2) is 42.5 Å². The third-order valence-electron chi connectivity index (χ3n) is 3.28. The first-order chi connectivity index (χ1) is 11.5. The van der Waals surface area contributed by atoms with Crippen LogP contribution in [0.5, 0.6) is 5.75 Å². The van der Waals surface area contributed by atoms with Gasteiger partial charge < -0.3 is 21.1 Å². The number of nitrogens with two attached hydrogens (primary N) is 1. The van der Waals surface area contributed by atoms with E-state index in [0.29, 0.717) is 28.6 Å². The van der Waals surface area contributed by atoms with Crippen molar-refractivity contribution in [3.05, 3.63) is 53.1 Å². The summed E-state index contributed by atoms with van der Waals surface area (Å²) in [4.78, 5) is 22.9. The van der Waals surface area contributed by atoms with Crippen LogP contribution < -0.4 is 21.1 Å². The van der Waals surface area contributed by atoms with Crippen molar-refractivity contribution in [3.8, 4) is 5.75 Å². The average Bonchev–Trinajstić information content (AvgIpc) is 2.55. The van der Waals surface area contributed by atoms with Crippen molar-refractivity contribution in [1.29, 1.82) is 0 Å². The molecule has 0 saturated heterocycles. The lowest BCUT2D eigenvalue weighted by Crippen LogP contribution is -2.17. The van der Waals surface area contributed by atoms with Crippen LogP contribution >= 0.6 is 11.6 Å². The number of carbonyl (C=O) groups excluding carboxylic acids is 2. The number of anilines is 2. The van der Waals surface area contributed by atoms with Crippen LogP contribution in [-0.2, 0) is 4.79 Å². The summed E-state index contributed by atoms with van der Waals surface area (Å²) in [5, 5.41) is 6.44. The van der Waals surface area contributed by atoms with Crippen LogP contribution in [0.3, 0.4) is 0 Å². The zero-order valence-corrected chi connectivity index (χ0v) is 13.9. The Morgan fingerprint density at radius 3 is 2.50 bits per heavy atom. The molecule has 2 aromatic carbocycles. The standard InChI is InChI=1S/C17H18ClN3O3/c1-24-15-7-4-12(18)10-14(15)20-9-8-16(22)21-13-5-2-11(3-6-13)17(19)23/h2-7,10,20H,8-9H2,1H3,(H2,19,23)(H,21,22). The monoisotopic (exact) mass is 347 g/mol. The highest BCUT2D eigenvalue weighted by Gasteiger charge is 2.06. The Kier molecular flexibility index (Phi) is 6.03. The molecule has 0 bridgehead atoms. The lowest BCUT2D eigenvalue weighted by atomic mass is 10.2. The fourth-order valence-electron chi connectivity index (χ4n) is 2.07. The number of rotatable bonds is 7. The van der Waals surface area contributed by atoms with Crippen molar-refractivity contribution in [2.45, 2.75) is 6.42 Å². The van der Waals surface area contributed by atoms with Gasteiger partial charge in [-0.05, 0) is 42.5 Å². The van der Waals surface area contributed by atoms with Crippen LogP contribution in [0, 0.1) is 0 Å². The van der Waals surface area contributed by atoms with Gasteiger partial charge in [-0.15, -0.1) is 0 Å². The molecule has 7 heteroatoms. The lowest BCUT2D eigenvalue weighted by Gasteiger charge is -2.11. The highest BCUT2D eigenvalue weighted by molar-refractivity contribution is 6.30. The maximum Gasteiger partial charge on any atom is 0.248 e. The molecule has 0 unspecified atom stereocenters. The minimum absolute atomic E-state index is 0.157. The Labute approximate surface area is 144 Å². The molecule has 0 atom stereocenters. The van der Waals surface area contributed by atoms with Gasteiger partial charge >= 0.3 is 0 Å². The van der Waals surface area contributed by atoms with Crippen molar-refractivity contribution < 1.29 is 14.3 Å². The number of halogens is 1. The van der Waals surface area contributed by atoms with Gasteiger partial charge in [-0.1, -0.05) is 11.6 Å². The predicted octanol–water partition coefficient (Wildman–Crippen LogP) is 2.89. The number of hydrogen-bond donors (Lipinski definition) is 3. The Balaban J connectivity index is 1.85. The molecule has 4 N–H and O–H groups in total. The van der Waals surface area contributed by atoms with E-state index in [4.69, 9.17) is 22.1 Å². The molecule has 2 amide bonds. The van der Waals surface area contributed by atoms with Crippen LogP contribution in [0.25, 0.3) is 0 Å². The van der Waals surface area contributed by atoms with Crippen molar-refractivity contribution in [3.63, 3.8) is 0 Å². The molecule has 126 valence electrons. The first-order valence-corrected chi connectivity index (χ1v) is 7.64. The number of hydrogen-bond acceptors (Lipinski definition) is 4. The molecule has 0 saturated carbocycles. The first-order valence-electron chi connectivity index (χ1n) is 7.26. The molecular weight excluding hydrogens is 330 g/mol. The minimum atomic E-state index is -0.507. The SMILES string of the molecule is COc1ccc(Cl)cc1NCCC(=O)Nc1ccc(C(N)=O)cc1. The largest absolute Gasteiger partial charge is 0.495 e. The van der Waals surface area contributed by atoms with E-state index in [9.17, 15) is 9.59 Å². The van der Waals surface area contributed by atoms with E-state index in [1.54, 1.807) is 49.6 Å². The molecule has 0 aromatic heterocycles. The molecular formula is C17H18ClN3O3. The topological polar surface area (TPSA) is 93.4 Å². The van der Waals surface area contributed by atoms with Crippen molar-refractivity contribution in [2.24, 2.45) is 5.73 Å². The van der Waals surface area contributed by atoms with E-state index in [1.807, 2.05) is 0 Å². The summed E-state index contributed by atoms with van der Waals surface area (Å²) in [7, 11) is 1.57. The van der Waals surface area contributed by atoms with Gasteiger partial charge in [0.2, 0.25) is 11.8 Å². The normalized spacial score (nSPS) is 10.1. The molecule has 0 aliphatic rings. The summed E-state index contributed by atoms with van der Waals surface area (Å²) < 4.78 is 5.22. The lowest BCUT2D eigenvalue weighted by molar-refractivity contribution is -0.115. The van der Waals surface area contributed by atoms with E-state index >= 15 is 0 Å². The summed E-state index contributed by atoms with van der Waals surface area (Å²) in [5.74, 6) is -0.00952. The summed E-state index contributed by atoms with van der Waals surface area (Å²) in [6.07, 6.45) is 0.257. The molecule has 0 radical (unpaired) electrons. The summed E-state index contributed by atoms with van der Waals surface area (Å²) in [6.45, 7) is 0.419. The zero-order valence-electron chi connectivity index (χ0n) is 13.1. The van der Waals surface area contributed by atoms with E-state index < -0.39 is 5.91 Å². The summed E-state index contributed by atoms with van der Waals surface area (Å²) in [5.41, 5.74) is 6.89.